The van der Waals surface area contributed by atoms with Gasteiger partial charge < -0.3 is 0 Å². The Balaban J connectivity index is 1.97. The maximum Gasteiger partial charge on any atom is 0.0793 e. The van der Waals surface area contributed by atoms with Crippen LogP contribution in [0.2, 0.25) is 0 Å². The number of aryl methyl sites for hydroxylation is 4. The molecule has 0 N–H and O–H groups in total. The highest BCUT2D eigenvalue weighted by Gasteiger charge is 2.65. The highest BCUT2D eigenvalue weighted by molar-refractivity contribution is 14.1. The van der Waals surface area contributed by atoms with E-state index < -0.39 is 0 Å². The smallest absolute Gasteiger partial charge is 0.0793 e. The van der Waals surface area contributed by atoms with Gasteiger partial charge >= 0.3 is 0 Å². The Labute approximate surface area is 182 Å². The van der Waals surface area contributed by atoms with Gasteiger partial charge in [0.25, 0.3) is 0 Å². The highest BCUT2D eigenvalue weighted by Crippen LogP contribution is 2.63. The molecule has 4 rings (SSSR count). The van der Waals surface area contributed by atoms with E-state index in [0.29, 0.717) is 5.92 Å². The highest BCUT2D eigenvalue weighted by atomic mass is 127. The van der Waals surface area contributed by atoms with Crippen LogP contribution in [0.1, 0.15) is 48.9 Å². The van der Waals surface area contributed by atoms with E-state index in [4.69, 9.17) is 9.98 Å². The van der Waals surface area contributed by atoms with E-state index in [1.54, 1.807) is 0 Å². The Morgan fingerprint density at radius 2 is 1.29 bits per heavy atom. The van der Waals surface area contributed by atoms with Crippen molar-refractivity contribution in [3.05, 3.63) is 58.7 Å². The fraction of sp³-hybridized carbons (Fsp3) is 0.440. The minimum Gasteiger partial charge on any atom is -0.251 e. The number of nitrogens with zero attached hydrogens (tertiary/aromatic N) is 2. The topological polar surface area (TPSA) is 24.7 Å². The number of fused-ring (bicyclic) bond motifs is 2. The number of benzene rings is 2. The minimum atomic E-state index is 0.0412. The summed E-state index contributed by atoms with van der Waals surface area (Å²) in [5, 5.41) is 0. The minimum absolute atomic E-state index is 0.0412. The molecule has 2 saturated carbocycles. The van der Waals surface area contributed by atoms with Gasteiger partial charge in [-0.25, -0.2) is 4.99 Å². The summed E-state index contributed by atoms with van der Waals surface area (Å²) in [5.41, 5.74) is 9.77. The first kappa shape index (κ1) is 19.8. The summed E-state index contributed by atoms with van der Waals surface area (Å²) in [6.07, 6.45) is 2.38. The van der Waals surface area contributed by atoms with Crippen LogP contribution in [0.25, 0.3) is 0 Å². The molecule has 28 heavy (non-hydrogen) atoms. The van der Waals surface area contributed by atoms with Gasteiger partial charge in [-0.15, -0.1) is 0 Å². The normalized spacial score (nSPS) is 28.5. The maximum absolute atomic E-state index is 5.32. The van der Waals surface area contributed by atoms with Crippen LogP contribution in [0.15, 0.2) is 46.4 Å². The molecule has 0 spiro atoms. The zero-order valence-electron chi connectivity index (χ0n) is 17.7. The van der Waals surface area contributed by atoms with Crippen LogP contribution in [-0.2, 0) is 0 Å². The Bertz CT molecular complexity index is 975. The van der Waals surface area contributed by atoms with Gasteiger partial charge in [-0.1, -0.05) is 72.8 Å². The molecule has 0 heterocycles. The molecular formula is C25H29IN2. The number of para-hydroxylation sites is 2. The van der Waals surface area contributed by atoms with Crippen LogP contribution in [0.5, 0.6) is 0 Å². The van der Waals surface area contributed by atoms with Crippen molar-refractivity contribution < 1.29 is 0 Å². The van der Waals surface area contributed by atoms with Crippen molar-refractivity contribution in [2.24, 2.45) is 21.3 Å². The Morgan fingerprint density at radius 3 is 1.79 bits per heavy atom. The number of hydrogen-bond acceptors (Lipinski definition) is 2. The molecule has 0 aromatic heterocycles. The van der Waals surface area contributed by atoms with Crippen LogP contribution < -0.4 is 0 Å². The molecule has 2 unspecified atom stereocenters. The lowest BCUT2D eigenvalue weighted by Crippen LogP contribution is -2.37. The Hall–Kier alpha value is -1.49. The van der Waals surface area contributed by atoms with E-state index in [1.807, 2.05) is 0 Å². The first-order chi connectivity index (χ1) is 13.2. The number of aliphatic imine (C=N–C) groups is 2. The van der Waals surface area contributed by atoms with Crippen molar-refractivity contribution in [1.29, 1.82) is 0 Å². The van der Waals surface area contributed by atoms with Crippen LogP contribution in [0, 0.1) is 39.0 Å². The summed E-state index contributed by atoms with van der Waals surface area (Å²) >= 11 is 2.69. The molecule has 2 bridgehead atoms. The van der Waals surface area contributed by atoms with E-state index in [9.17, 15) is 0 Å². The molecule has 2 aromatic rings. The van der Waals surface area contributed by atoms with Crippen LogP contribution in [-0.4, -0.2) is 14.8 Å². The van der Waals surface area contributed by atoms with E-state index in [1.165, 1.54) is 46.5 Å². The fourth-order valence-corrected chi connectivity index (χ4v) is 6.13. The SMILES string of the molecule is Cc1cccc(C)c1N=C1C(=Nc2c(C)cccc2C)C2(I)CCC1C2(C)C. The Morgan fingerprint density at radius 1 is 0.821 bits per heavy atom. The van der Waals surface area contributed by atoms with Gasteiger partial charge in [-0.3, -0.25) is 4.99 Å². The molecule has 2 atom stereocenters. The molecule has 2 aliphatic carbocycles. The Kier molecular flexibility index (Phi) is 4.80. The number of alkyl halides is 1. The molecule has 0 aliphatic heterocycles. The molecule has 0 saturated heterocycles. The van der Waals surface area contributed by atoms with Crippen molar-refractivity contribution >= 4 is 45.4 Å². The first-order valence-electron chi connectivity index (χ1n) is 10.2. The summed E-state index contributed by atoms with van der Waals surface area (Å²) in [4.78, 5) is 10.6. The van der Waals surface area contributed by atoms with Crippen molar-refractivity contribution in [3.8, 4) is 0 Å². The predicted molar refractivity (Wildman–Crippen MR) is 129 cm³/mol. The molecule has 0 amide bonds. The lowest BCUT2D eigenvalue weighted by molar-refractivity contribution is 0.335. The molecule has 2 nitrogen and oxygen atoms in total. The summed E-state index contributed by atoms with van der Waals surface area (Å²) in [7, 11) is 0. The molecular weight excluding hydrogens is 455 g/mol. The van der Waals surface area contributed by atoms with Gasteiger partial charge in [0.2, 0.25) is 0 Å². The van der Waals surface area contributed by atoms with Crippen molar-refractivity contribution in [2.45, 2.75) is 57.8 Å². The second kappa shape index (κ2) is 6.79. The number of halogens is 1. The largest absolute Gasteiger partial charge is 0.251 e. The van der Waals surface area contributed by atoms with Gasteiger partial charge in [0.15, 0.2) is 0 Å². The number of hydrogen-bond donors (Lipinski definition) is 0. The molecule has 3 heteroatoms. The van der Waals surface area contributed by atoms with Gasteiger partial charge in [-0.05, 0) is 68.2 Å². The third-order valence-electron chi connectivity index (χ3n) is 6.95. The summed E-state index contributed by atoms with van der Waals surface area (Å²) in [5.74, 6) is 0.464. The van der Waals surface area contributed by atoms with E-state index in [-0.39, 0.29) is 8.84 Å². The van der Waals surface area contributed by atoms with Gasteiger partial charge in [0, 0.05) is 5.92 Å². The zero-order chi connectivity index (χ0) is 20.3. The van der Waals surface area contributed by atoms with E-state index in [2.05, 4.69) is 101 Å². The standard InChI is InChI=1S/C25H29IN2/c1-15-9-7-10-16(2)20(15)27-22-19-13-14-25(26,24(19,5)6)23(22)28-21-17(3)11-8-12-18(21)4/h7-12,19H,13-14H2,1-6H3. The third-order valence-corrected chi connectivity index (χ3v) is 9.39. The summed E-state index contributed by atoms with van der Waals surface area (Å²) < 4.78 is 0.0412. The average Bonchev–Trinajstić information content (AvgIpc) is 2.94. The molecule has 2 fully saturated rings. The van der Waals surface area contributed by atoms with Crippen molar-refractivity contribution in [1.82, 2.24) is 0 Å². The second-order valence-electron chi connectivity index (χ2n) is 9.05. The zero-order valence-corrected chi connectivity index (χ0v) is 19.9. The average molecular weight is 484 g/mol. The second-order valence-corrected chi connectivity index (χ2v) is 10.9. The van der Waals surface area contributed by atoms with Crippen molar-refractivity contribution in [2.75, 3.05) is 0 Å². The fourth-order valence-electron chi connectivity index (χ4n) is 5.05. The van der Waals surface area contributed by atoms with Gasteiger partial charge in [0.05, 0.1) is 26.2 Å². The van der Waals surface area contributed by atoms with Crippen LogP contribution in [0.3, 0.4) is 0 Å². The molecule has 0 radical (unpaired) electrons. The van der Waals surface area contributed by atoms with Gasteiger partial charge in [0.1, 0.15) is 0 Å². The monoisotopic (exact) mass is 484 g/mol. The first-order valence-corrected chi connectivity index (χ1v) is 11.2. The molecule has 2 aliphatic rings. The maximum atomic E-state index is 5.32. The lowest BCUT2D eigenvalue weighted by Gasteiger charge is -2.31. The van der Waals surface area contributed by atoms with Gasteiger partial charge in [-0.2, -0.15) is 0 Å². The van der Waals surface area contributed by atoms with Crippen LogP contribution in [0.4, 0.5) is 11.4 Å². The molecule has 2 aromatic carbocycles. The van der Waals surface area contributed by atoms with Crippen LogP contribution >= 0.6 is 22.6 Å². The quantitative estimate of drug-likeness (QED) is 0.314. The lowest BCUT2D eigenvalue weighted by atomic mass is 9.81. The van der Waals surface area contributed by atoms with Crippen molar-refractivity contribution in [3.63, 3.8) is 0 Å². The van der Waals surface area contributed by atoms with E-state index >= 15 is 0 Å². The van der Waals surface area contributed by atoms with E-state index in [0.717, 1.165) is 11.4 Å². The predicted octanol–water partition coefficient (Wildman–Crippen LogP) is 7.39. The summed E-state index contributed by atoms with van der Waals surface area (Å²) in [6, 6.07) is 12.9. The number of rotatable bonds is 2. The summed E-state index contributed by atoms with van der Waals surface area (Å²) in [6.45, 7) is 13.5. The molecule has 146 valence electrons. The third kappa shape index (κ3) is 2.80.